The summed E-state index contributed by atoms with van der Waals surface area (Å²) in [6.45, 7) is 2.01. The number of aliphatic hydroxyl groups is 1. The van der Waals surface area contributed by atoms with Crippen LogP contribution in [0.3, 0.4) is 0 Å². The highest BCUT2D eigenvalue weighted by Crippen LogP contribution is 2.18. The summed E-state index contributed by atoms with van der Waals surface area (Å²) < 4.78 is 0. The van der Waals surface area contributed by atoms with E-state index in [0.717, 1.165) is 11.3 Å². The van der Waals surface area contributed by atoms with Crippen LogP contribution in [0, 0.1) is 18.8 Å². The van der Waals surface area contributed by atoms with Crippen molar-refractivity contribution in [1.82, 2.24) is 0 Å². The normalized spacial score (nSPS) is 9.70. The molecule has 0 unspecified atom stereocenters. The molecule has 2 N–H and O–H groups in total. The lowest BCUT2D eigenvalue weighted by Crippen LogP contribution is -2.11. The molecule has 2 rings (SSSR count). The summed E-state index contributed by atoms with van der Waals surface area (Å²) in [5, 5.41) is 13.4. The van der Waals surface area contributed by atoms with Gasteiger partial charge in [0.1, 0.15) is 4.88 Å². The maximum absolute atomic E-state index is 12.2. The van der Waals surface area contributed by atoms with Crippen molar-refractivity contribution in [1.29, 1.82) is 0 Å². The summed E-state index contributed by atoms with van der Waals surface area (Å²) in [5.74, 6) is 5.59. The Balaban J connectivity index is 2.14. The highest BCUT2D eigenvalue weighted by atomic mass is 32.1. The van der Waals surface area contributed by atoms with Gasteiger partial charge in [-0.3, -0.25) is 4.79 Å². The van der Waals surface area contributed by atoms with Crippen LogP contribution in [0.1, 0.15) is 27.2 Å². The maximum Gasteiger partial charge on any atom is 0.267 e. The molecule has 20 heavy (non-hydrogen) atoms. The number of benzene rings is 1. The van der Waals surface area contributed by atoms with Crippen molar-refractivity contribution >= 4 is 22.9 Å². The van der Waals surface area contributed by atoms with Gasteiger partial charge in [-0.15, -0.1) is 11.3 Å². The highest BCUT2D eigenvalue weighted by Gasteiger charge is 2.12. The number of aliphatic hydroxyl groups excluding tert-OH is 1. The van der Waals surface area contributed by atoms with Gasteiger partial charge in [-0.05, 0) is 36.1 Å². The Morgan fingerprint density at radius 1 is 1.40 bits per heavy atom. The molecule has 1 aromatic heterocycles. The summed E-state index contributed by atoms with van der Waals surface area (Å²) >= 11 is 1.36. The predicted molar refractivity (Wildman–Crippen MR) is 82.0 cm³/mol. The molecule has 0 saturated heterocycles. The van der Waals surface area contributed by atoms with Crippen LogP contribution in [0.15, 0.2) is 35.7 Å². The van der Waals surface area contributed by atoms with Gasteiger partial charge in [-0.2, -0.15) is 0 Å². The first-order valence-electron chi connectivity index (χ1n) is 6.26. The summed E-state index contributed by atoms with van der Waals surface area (Å²) in [7, 11) is 0. The van der Waals surface area contributed by atoms with Crippen LogP contribution in [0.4, 0.5) is 5.69 Å². The monoisotopic (exact) mass is 285 g/mol. The van der Waals surface area contributed by atoms with Gasteiger partial charge in [0.2, 0.25) is 0 Å². The van der Waals surface area contributed by atoms with Crippen LogP contribution < -0.4 is 5.32 Å². The maximum atomic E-state index is 12.2. The van der Waals surface area contributed by atoms with Crippen molar-refractivity contribution in [3.63, 3.8) is 0 Å². The fraction of sp³-hybridized carbons (Fsp3) is 0.188. The molecule has 0 fully saturated rings. The van der Waals surface area contributed by atoms with Gasteiger partial charge in [0, 0.05) is 17.7 Å². The Hall–Kier alpha value is -2.09. The van der Waals surface area contributed by atoms with Crippen LogP contribution in [0.5, 0.6) is 0 Å². The molecule has 4 heteroatoms. The van der Waals surface area contributed by atoms with E-state index in [1.165, 1.54) is 11.3 Å². The van der Waals surface area contributed by atoms with E-state index in [1.54, 1.807) is 0 Å². The second-order valence-electron chi connectivity index (χ2n) is 4.26. The number of rotatable bonds is 3. The third kappa shape index (κ3) is 3.70. The lowest BCUT2D eigenvalue weighted by molar-refractivity contribution is 0.103. The Morgan fingerprint density at radius 2 is 2.25 bits per heavy atom. The van der Waals surface area contributed by atoms with E-state index in [9.17, 15) is 4.79 Å². The zero-order chi connectivity index (χ0) is 14.4. The average Bonchev–Trinajstić information content (AvgIpc) is 2.87. The van der Waals surface area contributed by atoms with E-state index >= 15 is 0 Å². The minimum Gasteiger partial charge on any atom is -0.395 e. The van der Waals surface area contributed by atoms with E-state index in [2.05, 4.69) is 17.2 Å². The molecule has 0 aliphatic heterocycles. The topological polar surface area (TPSA) is 49.3 Å². The molecule has 1 amide bonds. The summed E-state index contributed by atoms with van der Waals surface area (Å²) in [4.78, 5) is 12.8. The van der Waals surface area contributed by atoms with Crippen molar-refractivity contribution in [3.05, 3.63) is 51.7 Å². The molecule has 1 aromatic carbocycles. The van der Waals surface area contributed by atoms with Gasteiger partial charge in [-0.1, -0.05) is 24.0 Å². The molecule has 102 valence electrons. The summed E-state index contributed by atoms with van der Waals surface area (Å²) in [6.07, 6.45) is 0.411. The fourth-order valence-electron chi connectivity index (χ4n) is 1.71. The number of carbonyl (C=O) groups is 1. The zero-order valence-corrected chi connectivity index (χ0v) is 12.0. The standard InChI is InChI=1S/C16H15NO2S/c1-12-5-4-7-14(11-12)17-16(19)15-13(8-10-20-15)6-2-3-9-18/h4-5,7-8,10-11,18H,3,9H2,1H3,(H,17,19). The average molecular weight is 285 g/mol. The molecule has 0 bridgehead atoms. The third-order valence-corrected chi connectivity index (χ3v) is 3.52. The molecule has 0 atom stereocenters. The molecular weight excluding hydrogens is 270 g/mol. The highest BCUT2D eigenvalue weighted by molar-refractivity contribution is 7.12. The molecule has 2 aromatic rings. The molecule has 0 spiro atoms. The van der Waals surface area contributed by atoms with E-state index in [4.69, 9.17) is 5.11 Å². The number of thiophene rings is 1. The van der Waals surface area contributed by atoms with Gasteiger partial charge in [0.15, 0.2) is 0 Å². The predicted octanol–water partition coefficient (Wildman–Crippen LogP) is 3.04. The van der Waals surface area contributed by atoms with Gasteiger partial charge >= 0.3 is 0 Å². The van der Waals surface area contributed by atoms with Crippen molar-refractivity contribution in [2.24, 2.45) is 0 Å². The van der Waals surface area contributed by atoms with Crippen molar-refractivity contribution in [2.45, 2.75) is 13.3 Å². The Bertz CT molecular complexity index is 664. The molecule has 3 nitrogen and oxygen atoms in total. The van der Waals surface area contributed by atoms with Crippen molar-refractivity contribution in [2.75, 3.05) is 11.9 Å². The van der Waals surface area contributed by atoms with Crippen LogP contribution in [-0.2, 0) is 0 Å². The second-order valence-corrected chi connectivity index (χ2v) is 5.18. The van der Waals surface area contributed by atoms with Crippen LogP contribution >= 0.6 is 11.3 Å². The Kier molecular flexibility index (Phi) is 4.94. The zero-order valence-electron chi connectivity index (χ0n) is 11.1. The SMILES string of the molecule is Cc1cccc(NC(=O)c2sccc2C#CCCO)c1. The van der Waals surface area contributed by atoms with Gasteiger partial charge in [-0.25, -0.2) is 0 Å². The quantitative estimate of drug-likeness (QED) is 0.852. The summed E-state index contributed by atoms with van der Waals surface area (Å²) in [5.41, 5.74) is 2.57. The van der Waals surface area contributed by atoms with E-state index in [0.29, 0.717) is 16.9 Å². The lowest BCUT2D eigenvalue weighted by Gasteiger charge is -2.04. The largest absolute Gasteiger partial charge is 0.395 e. The minimum absolute atomic E-state index is 0.0297. The third-order valence-electron chi connectivity index (χ3n) is 2.61. The van der Waals surface area contributed by atoms with E-state index in [-0.39, 0.29) is 12.5 Å². The Morgan fingerprint density at radius 3 is 3.00 bits per heavy atom. The lowest BCUT2D eigenvalue weighted by atomic mass is 10.2. The van der Waals surface area contributed by atoms with Crippen LogP contribution in [0.25, 0.3) is 0 Å². The van der Waals surface area contributed by atoms with Crippen molar-refractivity contribution < 1.29 is 9.90 Å². The number of hydrogen-bond acceptors (Lipinski definition) is 3. The van der Waals surface area contributed by atoms with Crippen LogP contribution in [0.2, 0.25) is 0 Å². The van der Waals surface area contributed by atoms with Gasteiger partial charge in [0.05, 0.1) is 6.61 Å². The first-order chi connectivity index (χ1) is 9.70. The van der Waals surface area contributed by atoms with Crippen LogP contribution in [-0.4, -0.2) is 17.6 Å². The number of aryl methyl sites for hydroxylation is 1. The molecule has 0 aliphatic rings. The molecule has 1 heterocycles. The molecular formula is C16H15NO2S. The summed E-state index contributed by atoms with van der Waals surface area (Å²) in [6, 6.07) is 9.48. The molecule has 0 aliphatic carbocycles. The first kappa shape index (κ1) is 14.3. The molecule has 0 saturated carbocycles. The fourth-order valence-corrected chi connectivity index (χ4v) is 2.45. The minimum atomic E-state index is -0.154. The Labute approximate surface area is 122 Å². The second kappa shape index (κ2) is 6.90. The van der Waals surface area contributed by atoms with E-state index < -0.39 is 0 Å². The van der Waals surface area contributed by atoms with E-state index in [1.807, 2.05) is 42.6 Å². The number of anilines is 1. The van der Waals surface area contributed by atoms with Gasteiger partial charge in [0.25, 0.3) is 5.91 Å². The van der Waals surface area contributed by atoms with Crippen molar-refractivity contribution in [3.8, 4) is 11.8 Å². The number of hydrogen-bond donors (Lipinski definition) is 2. The molecule has 0 radical (unpaired) electrons. The van der Waals surface area contributed by atoms with Gasteiger partial charge < -0.3 is 10.4 Å². The number of amides is 1. The first-order valence-corrected chi connectivity index (χ1v) is 7.14. The number of nitrogens with one attached hydrogen (secondary N) is 1. The smallest absolute Gasteiger partial charge is 0.267 e. The number of carbonyl (C=O) groups excluding carboxylic acids is 1.